The van der Waals surface area contributed by atoms with E-state index >= 15 is 0 Å². The van der Waals surface area contributed by atoms with Gasteiger partial charge in [0.15, 0.2) is 0 Å². The third kappa shape index (κ3) is 5.50. The molecule has 1 rings (SSSR count). The summed E-state index contributed by atoms with van der Waals surface area (Å²) in [4.78, 5) is 10.9. The molecule has 0 aliphatic heterocycles. The lowest BCUT2D eigenvalue weighted by Crippen LogP contribution is -2.23. The Morgan fingerprint density at radius 3 is 2.56 bits per heavy atom. The lowest BCUT2D eigenvalue weighted by molar-refractivity contribution is -0.140. The highest BCUT2D eigenvalue weighted by Gasteiger charge is 2.17. The zero-order valence-electron chi connectivity index (χ0n) is 10.6. The first kappa shape index (κ1) is 13.5. The zero-order chi connectivity index (χ0) is 11.8. The number of carbonyl (C=O) groups excluding carboxylic acids is 1. The average Bonchev–Trinajstić information content (AvgIpc) is 2.31. The Kier molecular flexibility index (Phi) is 6.46. The third-order valence-corrected chi connectivity index (χ3v) is 3.60. The summed E-state index contributed by atoms with van der Waals surface area (Å²) in [5, 5.41) is 3.31. The van der Waals surface area contributed by atoms with Gasteiger partial charge in [0.2, 0.25) is 0 Å². The summed E-state index contributed by atoms with van der Waals surface area (Å²) in [6.07, 6.45) is 7.31. The number of rotatable bonds is 6. The minimum Gasteiger partial charge on any atom is -0.469 e. The largest absolute Gasteiger partial charge is 0.469 e. The monoisotopic (exact) mass is 227 g/mol. The molecule has 1 fully saturated rings. The number of esters is 1. The van der Waals surface area contributed by atoms with Gasteiger partial charge >= 0.3 is 5.97 Å². The normalized spacial score (nSPS) is 25.4. The summed E-state index contributed by atoms with van der Waals surface area (Å²) < 4.78 is 4.58. The molecule has 1 aliphatic carbocycles. The molecule has 0 aromatic heterocycles. The van der Waals surface area contributed by atoms with E-state index in [0.29, 0.717) is 6.42 Å². The van der Waals surface area contributed by atoms with Crippen LogP contribution in [0.5, 0.6) is 0 Å². The first-order valence-corrected chi connectivity index (χ1v) is 6.50. The summed E-state index contributed by atoms with van der Waals surface area (Å²) in [6.45, 7) is 4.14. The molecule has 0 spiro atoms. The highest BCUT2D eigenvalue weighted by Crippen LogP contribution is 2.29. The molecule has 3 heteroatoms. The van der Waals surface area contributed by atoms with Crippen LogP contribution in [-0.2, 0) is 9.53 Å². The number of ether oxygens (including phenoxy) is 1. The molecule has 16 heavy (non-hydrogen) atoms. The molecule has 0 heterocycles. The molecule has 0 aromatic carbocycles. The van der Waals surface area contributed by atoms with Gasteiger partial charge in [-0.25, -0.2) is 0 Å². The standard InChI is InChI=1S/C13H25NO2/c1-11-3-5-12(6-4-11)7-9-14-10-8-13(15)16-2/h11-12,14H,3-10H2,1-2H3. The smallest absolute Gasteiger partial charge is 0.306 e. The van der Waals surface area contributed by atoms with E-state index < -0.39 is 0 Å². The van der Waals surface area contributed by atoms with Crippen molar-refractivity contribution in [2.24, 2.45) is 11.8 Å². The molecule has 1 N–H and O–H groups in total. The molecule has 0 unspecified atom stereocenters. The van der Waals surface area contributed by atoms with Crippen LogP contribution in [-0.4, -0.2) is 26.2 Å². The Hall–Kier alpha value is -0.570. The molecule has 0 bridgehead atoms. The summed E-state index contributed by atoms with van der Waals surface area (Å²) >= 11 is 0. The van der Waals surface area contributed by atoms with Gasteiger partial charge in [-0.3, -0.25) is 4.79 Å². The topological polar surface area (TPSA) is 38.3 Å². The second-order valence-electron chi connectivity index (χ2n) is 4.99. The van der Waals surface area contributed by atoms with Crippen LogP contribution >= 0.6 is 0 Å². The zero-order valence-corrected chi connectivity index (χ0v) is 10.6. The van der Waals surface area contributed by atoms with Gasteiger partial charge in [0.05, 0.1) is 13.5 Å². The maximum atomic E-state index is 10.9. The Labute approximate surface area is 98.9 Å². The van der Waals surface area contributed by atoms with Gasteiger partial charge in [-0.1, -0.05) is 32.6 Å². The van der Waals surface area contributed by atoms with E-state index in [1.807, 2.05) is 0 Å². The van der Waals surface area contributed by atoms with Crippen molar-refractivity contribution in [3.8, 4) is 0 Å². The lowest BCUT2D eigenvalue weighted by atomic mass is 9.81. The van der Waals surface area contributed by atoms with Crippen LogP contribution in [0.1, 0.15) is 45.4 Å². The lowest BCUT2D eigenvalue weighted by Gasteiger charge is -2.26. The van der Waals surface area contributed by atoms with Gasteiger partial charge in [0.1, 0.15) is 0 Å². The maximum absolute atomic E-state index is 10.9. The number of hydrogen-bond donors (Lipinski definition) is 1. The summed E-state index contributed by atoms with van der Waals surface area (Å²) in [6, 6.07) is 0. The van der Waals surface area contributed by atoms with Crippen LogP contribution in [0.15, 0.2) is 0 Å². The van der Waals surface area contributed by atoms with Crippen LogP contribution < -0.4 is 5.32 Å². The molecule has 0 radical (unpaired) electrons. The van der Waals surface area contributed by atoms with E-state index in [0.717, 1.165) is 24.9 Å². The maximum Gasteiger partial charge on any atom is 0.306 e. The number of hydrogen-bond acceptors (Lipinski definition) is 3. The molecule has 1 saturated carbocycles. The van der Waals surface area contributed by atoms with Crippen LogP contribution in [0.3, 0.4) is 0 Å². The highest BCUT2D eigenvalue weighted by molar-refractivity contribution is 5.69. The molecule has 0 atom stereocenters. The van der Waals surface area contributed by atoms with Crippen LogP contribution in [0.2, 0.25) is 0 Å². The number of nitrogens with one attached hydrogen (secondary N) is 1. The SMILES string of the molecule is COC(=O)CCNCCC1CCC(C)CC1. The van der Waals surface area contributed by atoms with Crippen molar-refractivity contribution in [2.45, 2.75) is 45.4 Å². The second-order valence-corrected chi connectivity index (χ2v) is 4.99. The van der Waals surface area contributed by atoms with Crippen molar-refractivity contribution >= 4 is 5.97 Å². The van der Waals surface area contributed by atoms with E-state index in [4.69, 9.17) is 0 Å². The summed E-state index contributed by atoms with van der Waals surface area (Å²) in [7, 11) is 1.44. The molecule has 94 valence electrons. The first-order valence-electron chi connectivity index (χ1n) is 6.50. The quantitative estimate of drug-likeness (QED) is 0.559. The van der Waals surface area contributed by atoms with Gasteiger partial charge in [0, 0.05) is 6.54 Å². The first-order chi connectivity index (χ1) is 7.72. The van der Waals surface area contributed by atoms with Gasteiger partial charge in [-0.15, -0.1) is 0 Å². The molecule has 1 aliphatic rings. The van der Waals surface area contributed by atoms with E-state index in [2.05, 4.69) is 17.0 Å². The van der Waals surface area contributed by atoms with E-state index in [-0.39, 0.29) is 5.97 Å². The molecular weight excluding hydrogens is 202 g/mol. The van der Waals surface area contributed by atoms with Gasteiger partial charge in [0.25, 0.3) is 0 Å². The molecule has 3 nitrogen and oxygen atoms in total. The van der Waals surface area contributed by atoms with Crippen molar-refractivity contribution in [1.82, 2.24) is 5.32 Å². The van der Waals surface area contributed by atoms with Gasteiger partial charge < -0.3 is 10.1 Å². The Morgan fingerprint density at radius 1 is 1.25 bits per heavy atom. The summed E-state index contributed by atoms with van der Waals surface area (Å²) in [5.74, 6) is 1.71. The van der Waals surface area contributed by atoms with Crippen molar-refractivity contribution in [3.05, 3.63) is 0 Å². The fourth-order valence-electron chi connectivity index (χ4n) is 2.34. The van der Waals surface area contributed by atoms with E-state index in [1.165, 1.54) is 39.2 Å². The van der Waals surface area contributed by atoms with Crippen LogP contribution in [0, 0.1) is 11.8 Å². The second kappa shape index (κ2) is 7.66. The third-order valence-electron chi connectivity index (χ3n) is 3.60. The van der Waals surface area contributed by atoms with Crippen LogP contribution in [0.4, 0.5) is 0 Å². The molecular formula is C13H25NO2. The Bertz CT molecular complexity index is 198. The predicted molar refractivity (Wildman–Crippen MR) is 65.2 cm³/mol. The minimum absolute atomic E-state index is 0.126. The van der Waals surface area contributed by atoms with Crippen molar-refractivity contribution in [3.63, 3.8) is 0 Å². The van der Waals surface area contributed by atoms with E-state index in [1.54, 1.807) is 0 Å². The average molecular weight is 227 g/mol. The number of methoxy groups -OCH3 is 1. The van der Waals surface area contributed by atoms with Gasteiger partial charge in [-0.2, -0.15) is 0 Å². The van der Waals surface area contributed by atoms with Crippen molar-refractivity contribution < 1.29 is 9.53 Å². The van der Waals surface area contributed by atoms with E-state index in [9.17, 15) is 4.79 Å². The Morgan fingerprint density at radius 2 is 1.94 bits per heavy atom. The Balaban J connectivity index is 1.93. The predicted octanol–water partition coefficient (Wildman–Crippen LogP) is 2.36. The van der Waals surface area contributed by atoms with Gasteiger partial charge in [-0.05, 0) is 24.8 Å². The minimum atomic E-state index is -0.126. The van der Waals surface area contributed by atoms with Crippen LogP contribution in [0.25, 0.3) is 0 Å². The molecule has 0 saturated heterocycles. The van der Waals surface area contributed by atoms with Crippen molar-refractivity contribution in [2.75, 3.05) is 20.2 Å². The highest BCUT2D eigenvalue weighted by atomic mass is 16.5. The fraction of sp³-hybridized carbons (Fsp3) is 0.923. The van der Waals surface area contributed by atoms with Crippen molar-refractivity contribution in [1.29, 1.82) is 0 Å². The number of carbonyl (C=O) groups is 1. The molecule has 0 aromatic rings. The molecule has 0 amide bonds. The summed E-state index contributed by atoms with van der Waals surface area (Å²) in [5.41, 5.74) is 0. The fourth-order valence-corrected chi connectivity index (χ4v) is 2.34.